The van der Waals surface area contributed by atoms with E-state index in [1.807, 2.05) is 12.4 Å². The minimum Gasteiger partial charge on any atom is -0.265 e. The summed E-state index contributed by atoms with van der Waals surface area (Å²) >= 11 is 0. The Morgan fingerprint density at radius 3 is 1.71 bits per heavy atom. The maximum absolute atomic E-state index is 4.05. The molecule has 0 aliphatic carbocycles. The van der Waals surface area contributed by atoms with Crippen LogP contribution in [0.4, 0.5) is 0 Å². The number of pyridine rings is 1. The first-order chi connectivity index (χ1) is 10.4. The molecule has 0 aliphatic rings. The van der Waals surface area contributed by atoms with E-state index in [1.54, 1.807) is 0 Å². The Balaban J connectivity index is 1.59. The molecule has 0 unspecified atom stereocenters. The largest absolute Gasteiger partial charge is 0.265 e. The molecule has 0 atom stereocenters. The highest BCUT2D eigenvalue weighted by Gasteiger charge is 1.98. The fraction of sp³-hybridized carbons (Fsp3) is 0.150. The van der Waals surface area contributed by atoms with Crippen molar-refractivity contribution in [3.05, 3.63) is 101 Å². The van der Waals surface area contributed by atoms with Gasteiger partial charge in [0, 0.05) is 12.4 Å². The second-order valence-electron chi connectivity index (χ2n) is 5.33. The van der Waals surface area contributed by atoms with E-state index in [1.165, 1.54) is 22.3 Å². The third kappa shape index (κ3) is 4.03. The smallest absolute Gasteiger partial charge is 0.0270 e. The van der Waals surface area contributed by atoms with Crippen molar-refractivity contribution in [2.24, 2.45) is 0 Å². The van der Waals surface area contributed by atoms with Crippen molar-refractivity contribution in [2.75, 3.05) is 0 Å². The van der Waals surface area contributed by atoms with E-state index in [0.717, 1.165) is 19.3 Å². The lowest BCUT2D eigenvalue weighted by molar-refractivity contribution is 0.958. The van der Waals surface area contributed by atoms with E-state index in [2.05, 4.69) is 71.7 Å². The van der Waals surface area contributed by atoms with Crippen LogP contribution in [0.2, 0.25) is 0 Å². The summed E-state index contributed by atoms with van der Waals surface area (Å²) in [4.78, 5) is 4.05. The average molecular weight is 273 g/mol. The number of nitrogens with zero attached hydrogens (tertiary/aromatic N) is 1. The molecule has 21 heavy (non-hydrogen) atoms. The van der Waals surface area contributed by atoms with Crippen LogP contribution in [-0.2, 0) is 19.3 Å². The van der Waals surface area contributed by atoms with Crippen molar-refractivity contribution in [1.29, 1.82) is 0 Å². The third-order valence-electron chi connectivity index (χ3n) is 3.73. The molecular weight excluding hydrogens is 254 g/mol. The Bertz CT molecular complexity index is 657. The fourth-order valence-corrected chi connectivity index (χ4v) is 2.49. The van der Waals surface area contributed by atoms with Crippen molar-refractivity contribution in [3.63, 3.8) is 0 Å². The van der Waals surface area contributed by atoms with Gasteiger partial charge in [0.2, 0.25) is 0 Å². The highest BCUT2D eigenvalue weighted by molar-refractivity contribution is 5.28. The quantitative estimate of drug-likeness (QED) is 0.669. The van der Waals surface area contributed by atoms with E-state index < -0.39 is 0 Å². The summed E-state index contributed by atoms with van der Waals surface area (Å²) in [7, 11) is 0. The molecule has 0 saturated heterocycles. The molecule has 2 aromatic carbocycles. The zero-order valence-electron chi connectivity index (χ0n) is 12.1. The van der Waals surface area contributed by atoms with Crippen LogP contribution in [0.3, 0.4) is 0 Å². The zero-order chi connectivity index (χ0) is 14.3. The van der Waals surface area contributed by atoms with Gasteiger partial charge in [-0.3, -0.25) is 4.98 Å². The molecule has 0 aliphatic heterocycles. The molecule has 0 radical (unpaired) electrons. The van der Waals surface area contributed by atoms with Gasteiger partial charge in [0.15, 0.2) is 0 Å². The summed E-state index contributed by atoms with van der Waals surface area (Å²) in [6, 6.07) is 23.8. The first kappa shape index (κ1) is 13.6. The molecule has 3 aromatic rings. The van der Waals surface area contributed by atoms with Crippen LogP contribution < -0.4 is 0 Å². The highest BCUT2D eigenvalue weighted by atomic mass is 14.6. The Labute approximate surface area is 126 Å². The van der Waals surface area contributed by atoms with Gasteiger partial charge in [0.1, 0.15) is 0 Å². The maximum Gasteiger partial charge on any atom is 0.0270 e. The van der Waals surface area contributed by atoms with Crippen LogP contribution in [-0.4, -0.2) is 4.98 Å². The normalized spacial score (nSPS) is 10.5. The molecule has 1 nitrogen and oxygen atoms in total. The summed E-state index contributed by atoms with van der Waals surface area (Å²) in [6.07, 6.45) is 6.87. The molecule has 0 fully saturated rings. The Hall–Kier alpha value is -2.41. The van der Waals surface area contributed by atoms with Gasteiger partial charge in [0.05, 0.1) is 0 Å². The molecule has 0 saturated carbocycles. The lowest BCUT2D eigenvalue weighted by Gasteiger charge is -2.05. The van der Waals surface area contributed by atoms with Crippen LogP contribution in [0, 0.1) is 0 Å². The van der Waals surface area contributed by atoms with Gasteiger partial charge < -0.3 is 0 Å². The van der Waals surface area contributed by atoms with Crippen molar-refractivity contribution in [3.8, 4) is 0 Å². The third-order valence-corrected chi connectivity index (χ3v) is 3.73. The molecule has 0 amide bonds. The summed E-state index contributed by atoms with van der Waals surface area (Å²) in [5, 5.41) is 0. The van der Waals surface area contributed by atoms with Crippen LogP contribution in [0.25, 0.3) is 0 Å². The molecule has 0 bridgehead atoms. The molecule has 3 rings (SSSR count). The number of hydrogen-bond donors (Lipinski definition) is 0. The highest BCUT2D eigenvalue weighted by Crippen LogP contribution is 2.12. The van der Waals surface area contributed by atoms with Crippen molar-refractivity contribution in [1.82, 2.24) is 4.98 Å². The minimum absolute atomic E-state index is 0.974. The summed E-state index contributed by atoms with van der Waals surface area (Å²) in [6.45, 7) is 0. The van der Waals surface area contributed by atoms with Crippen LogP contribution in [0.15, 0.2) is 79.1 Å². The summed E-state index contributed by atoms with van der Waals surface area (Å²) < 4.78 is 0. The molecule has 1 heterocycles. The second kappa shape index (κ2) is 6.85. The molecular formula is C20H19N. The van der Waals surface area contributed by atoms with Gasteiger partial charge in [0.25, 0.3) is 0 Å². The minimum atomic E-state index is 0.974. The molecule has 1 aromatic heterocycles. The SMILES string of the molecule is c1ccc(CCc2ccc(Cc3ccncc3)cc2)cc1. The van der Waals surface area contributed by atoms with Crippen molar-refractivity contribution < 1.29 is 0 Å². The number of aromatic nitrogens is 1. The Morgan fingerprint density at radius 1 is 0.524 bits per heavy atom. The predicted octanol–water partition coefficient (Wildman–Crippen LogP) is 4.46. The van der Waals surface area contributed by atoms with Crippen LogP contribution >= 0.6 is 0 Å². The predicted molar refractivity (Wildman–Crippen MR) is 87.3 cm³/mol. The average Bonchev–Trinajstić information content (AvgIpc) is 2.56. The van der Waals surface area contributed by atoms with Gasteiger partial charge in [-0.1, -0.05) is 54.6 Å². The summed E-state index contributed by atoms with van der Waals surface area (Å²) in [5.41, 5.74) is 5.46. The number of rotatable bonds is 5. The lowest BCUT2D eigenvalue weighted by Crippen LogP contribution is -1.93. The topological polar surface area (TPSA) is 12.9 Å². The van der Waals surface area contributed by atoms with E-state index in [4.69, 9.17) is 0 Å². The van der Waals surface area contributed by atoms with Crippen LogP contribution in [0.1, 0.15) is 22.3 Å². The van der Waals surface area contributed by atoms with E-state index in [9.17, 15) is 0 Å². The van der Waals surface area contributed by atoms with Gasteiger partial charge in [-0.25, -0.2) is 0 Å². The number of aryl methyl sites for hydroxylation is 2. The number of benzene rings is 2. The van der Waals surface area contributed by atoms with Gasteiger partial charge in [-0.05, 0) is 53.6 Å². The number of hydrogen-bond acceptors (Lipinski definition) is 1. The molecule has 0 N–H and O–H groups in total. The fourth-order valence-electron chi connectivity index (χ4n) is 2.49. The molecule has 0 spiro atoms. The Morgan fingerprint density at radius 2 is 1.05 bits per heavy atom. The molecule has 1 heteroatoms. The summed E-state index contributed by atoms with van der Waals surface area (Å²) in [5.74, 6) is 0. The van der Waals surface area contributed by atoms with Gasteiger partial charge >= 0.3 is 0 Å². The van der Waals surface area contributed by atoms with Crippen molar-refractivity contribution in [2.45, 2.75) is 19.3 Å². The Kier molecular flexibility index (Phi) is 4.42. The van der Waals surface area contributed by atoms with E-state index in [-0.39, 0.29) is 0 Å². The van der Waals surface area contributed by atoms with E-state index in [0.29, 0.717) is 0 Å². The maximum atomic E-state index is 4.05. The van der Waals surface area contributed by atoms with Gasteiger partial charge in [-0.2, -0.15) is 0 Å². The monoisotopic (exact) mass is 273 g/mol. The standard InChI is InChI=1S/C20H19N/c1-2-4-17(5-3-1)6-7-18-8-10-19(11-9-18)16-20-12-14-21-15-13-20/h1-5,8-15H,6-7,16H2. The van der Waals surface area contributed by atoms with Gasteiger partial charge in [-0.15, -0.1) is 0 Å². The first-order valence-electron chi connectivity index (χ1n) is 7.41. The van der Waals surface area contributed by atoms with Crippen molar-refractivity contribution >= 4 is 0 Å². The second-order valence-corrected chi connectivity index (χ2v) is 5.33. The zero-order valence-corrected chi connectivity index (χ0v) is 12.1. The van der Waals surface area contributed by atoms with E-state index >= 15 is 0 Å². The van der Waals surface area contributed by atoms with Crippen LogP contribution in [0.5, 0.6) is 0 Å². The first-order valence-corrected chi connectivity index (χ1v) is 7.41. The lowest BCUT2D eigenvalue weighted by atomic mass is 10.0. The molecule has 104 valence electrons.